The maximum atomic E-state index is 12.5. The van der Waals surface area contributed by atoms with E-state index in [9.17, 15) is 4.79 Å². The molecule has 0 spiro atoms. The summed E-state index contributed by atoms with van der Waals surface area (Å²) in [6.07, 6.45) is 4.21. The summed E-state index contributed by atoms with van der Waals surface area (Å²) in [6, 6.07) is 11.5. The average Bonchev–Trinajstić information content (AvgIpc) is 2.70. The normalized spacial score (nSPS) is 12.3. The smallest absolute Gasteiger partial charge is 0.255 e. The van der Waals surface area contributed by atoms with Crippen molar-refractivity contribution in [3.8, 4) is 0 Å². The predicted molar refractivity (Wildman–Crippen MR) is 107 cm³/mol. The number of nitrogens with two attached hydrogens (primary N) is 1. The van der Waals surface area contributed by atoms with Crippen LogP contribution in [0.15, 0.2) is 48.8 Å². The summed E-state index contributed by atoms with van der Waals surface area (Å²) in [4.78, 5) is 16.6. The first kappa shape index (κ1) is 20.1. The highest BCUT2D eigenvalue weighted by atomic mass is 16.5. The molecule has 27 heavy (non-hydrogen) atoms. The number of nitrogens with one attached hydrogen (secondary N) is 3. The van der Waals surface area contributed by atoms with E-state index in [4.69, 9.17) is 15.9 Å². The second kappa shape index (κ2) is 10.1. The van der Waals surface area contributed by atoms with Crippen LogP contribution in [0.2, 0.25) is 0 Å². The lowest BCUT2D eigenvalue weighted by molar-refractivity contribution is 0.0509. The molecule has 0 radical (unpaired) electrons. The molecule has 2 aromatic rings. The van der Waals surface area contributed by atoms with E-state index in [1.165, 1.54) is 12.4 Å². The fourth-order valence-corrected chi connectivity index (χ4v) is 2.38. The molecule has 1 aromatic carbocycles. The van der Waals surface area contributed by atoms with E-state index in [0.717, 1.165) is 5.56 Å². The number of allylic oxidation sites excluding steroid dienone is 1. The molecule has 0 saturated heterocycles. The van der Waals surface area contributed by atoms with Gasteiger partial charge in [-0.25, -0.2) is 4.98 Å². The van der Waals surface area contributed by atoms with Gasteiger partial charge >= 0.3 is 0 Å². The van der Waals surface area contributed by atoms with Crippen molar-refractivity contribution in [2.24, 2.45) is 0 Å². The molecule has 0 fully saturated rings. The number of aromatic nitrogens is 1. The van der Waals surface area contributed by atoms with E-state index in [2.05, 4.69) is 15.6 Å². The lowest BCUT2D eigenvalue weighted by atomic mass is 10.1. The summed E-state index contributed by atoms with van der Waals surface area (Å²) in [5, 5.41) is 13.2. The van der Waals surface area contributed by atoms with Crippen molar-refractivity contribution in [2.45, 2.75) is 19.6 Å². The van der Waals surface area contributed by atoms with Crippen molar-refractivity contribution >= 4 is 23.5 Å². The quantitative estimate of drug-likeness (QED) is 0.508. The SMILES string of the molecule is CN/C=C(\C=N)c1cnc(N)c(C(=O)NCC(C)OCc2ccccc2)c1. The van der Waals surface area contributed by atoms with E-state index in [1.54, 1.807) is 19.3 Å². The Morgan fingerprint density at radius 2 is 2.11 bits per heavy atom. The minimum Gasteiger partial charge on any atom is -0.393 e. The van der Waals surface area contributed by atoms with Gasteiger partial charge in [0.2, 0.25) is 0 Å². The van der Waals surface area contributed by atoms with Crippen molar-refractivity contribution in [1.82, 2.24) is 15.6 Å². The molecule has 0 bridgehead atoms. The van der Waals surface area contributed by atoms with Crippen LogP contribution in [0.5, 0.6) is 0 Å². The Morgan fingerprint density at radius 3 is 2.78 bits per heavy atom. The summed E-state index contributed by atoms with van der Waals surface area (Å²) in [5.74, 6) is -0.186. The summed E-state index contributed by atoms with van der Waals surface area (Å²) in [6.45, 7) is 2.72. The van der Waals surface area contributed by atoms with Crippen LogP contribution < -0.4 is 16.4 Å². The molecule has 0 aliphatic carbocycles. The molecule has 7 heteroatoms. The topological polar surface area (TPSA) is 113 Å². The van der Waals surface area contributed by atoms with Gasteiger partial charge in [0.15, 0.2) is 0 Å². The minimum atomic E-state index is -0.328. The lowest BCUT2D eigenvalue weighted by Crippen LogP contribution is -2.32. The van der Waals surface area contributed by atoms with Crippen molar-refractivity contribution in [2.75, 3.05) is 19.3 Å². The number of benzene rings is 1. The maximum Gasteiger partial charge on any atom is 0.255 e. The first-order valence-electron chi connectivity index (χ1n) is 8.62. The fourth-order valence-electron chi connectivity index (χ4n) is 2.38. The Balaban J connectivity index is 1.96. The molecule has 5 N–H and O–H groups in total. The molecule has 0 aliphatic heterocycles. The number of pyridine rings is 1. The van der Waals surface area contributed by atoms with E-state index in [1.807, 2.05) is 37.3 Å². The molecule has 1 amide bonds. The van der Waals surface area contributed by atoms with Crippen molar-refractivity contribution in [1.29, 1.82) is 5.41 Å². The third kappa shape index (κ3) is 5.93. The zero-order valence-electron chi connectivity index (χ0n) is 15.5. The maximum absolute atomic E-state index is 12.5. The molecule has 1 heterocycles. The highest BCUT2D eigenvalue weighted by Crippen LogP contribution is 2.16. The Morgan fingerprint density at radius 1 is 1.37 bits per heavy atom. The zero-order chi connectivity index (χ0) is 19.6. The number of carbonyl (C=O) groups excluding carboxylic acids is 1. The highest BCUT2D eigenvalue weighted by Gasteiger charge is 2.14. The number of amides is 1. The number of nitrogens with zero attached hydrogens (tertiary/aromatic N) is 1. The standard InChI is InChI=1S/C20H25N5O2/c1-14(27-13-15-6-4-3-5-7-15)10-25-20(26)18-8-16(12-24-19(18)22)17(9-21)11-23-2/h3-9,11-12,14,21,23H,10,13H2,1-2H3,(H2,22,24)(H,25,26)/b17-11+,21-9?. The van der Waals surface area contributed by atoms with Gasteiger partial charge < -0.3 is 26.5 Å². The van der Waals surface area contributed by atoms with E-state index >= 15 is 0 Å². The molecule has 1 atom stereocenters. The van der Waals surface area contributed by atoms with Gasteiger partial charge in [0.25, 0.3) is 5.91 Å². The number of rotatable bonds is 9. The monoisotopic (exact) mass is 367 g/mol. The van der Waals surface area contributed by atoms with Crippen LogP contribution in [0.25, 0.3) is 5.57 Å². The Labute approximate surface area is 159 Å². The van der Waals surface area contributed by atoms with Gasteiger partial charge in [-0.05, 0) is 18.6 Å². The number of nitrogen functional groups attached to an aromatic ring is 1. The fraction of sp³-hybridized carbons (Fsp3) is 0.250. The largest absolute Gasteiger partial charge is 0.393 e. The number of anilines is 1. The summed E-state index contributed by atoms with van der Waals surface area (Å²) >= 11 is 0. The predicted octanol–water partition coefficient (Wildman–Crippen LogP) is 2.21. The highest BCUT2D eigenvalue weighted by molar-refractivity contribution is 6.09. The molecule has 7 nitrogen and oxygen atoms in total. The Bertz CT molecular complexity index is 805. The van der Waals surface area contributed by atoms with Gasteiger partial charge in [0.05, 0.1) is 18.3 Å². The van der Waals surface area contributed by atoms with Gasteiger partial charge in [0, 0.05) is 43.3 Å². The van der Waals surface area contributed by atoms with Gasteiger partial charge in [-0.3, -0.25) is 4.79 Å². The summed E-state index contributed by atoms with van der Waals surface area (Å²) in [5.41, 5.74) is 8.43. The second-order valence-electron chi connectivity index (χ2n) is 6.01. The molecular weight excluding hydrogens is 342 g/mol. The molecule has 1 unspecified atom stereocenters. The van der Waals surface area contributed by atoms with Gasteiger partial charge in [-0.15, -0.1) is 0 Å². The van der Waals surface area contributed by atoms with E-state index in [0.29, 0.717) is 24.3 Å². The van der Waals surface area contributed by atoms with Crippen molar-refractivity contribution < 1.29 is 9.53 Å². The van der Waals surface area contributed by atoms with Gasteiger partial charge in [0.1, 0.15) is 5.82 Å². The van der Waals surface area contributed by atoms with Crippen molar-refractivity contribution in [3.05, 3.63) is 65.5 Å². The third-order valence-electron chi connectivity index (χ3n) is 3.88. The molecular formula is C20H25N5O2. The van der Waals surface area contributed by atoms with Crippen LogP contribution in [0.3, 0.4) is 0 Å². The van der Waals surface area contributed by atoms with Gasteiger partial charge in [-0.2, -0.15) is 0 Å². The molecule has 0 saturated carbocycles. The second-order valence-corrected chi connectivity index (χ2v) is 6.01. The zero-order valence-corrected chi connectivity index (χ0v) is 15.5. The van der Waals surface area contributed by atoms with Crippen LogP contribution in [-0.2, 0) is 11.3 Å². The number of hydrogen-bond donors (Lipinski definition) is 4. The third-order valence-corrected chi connectivity index (χ3v) is 3.88. The molecule has 142 valence electrons. The molecule has 1 aromatic heterocycles. The van der Waals surface area contributed by atoms with E-state index < -0.39 is 0 Å². The van der Waals surface area contributed by atoms with Crippen molar-refractivity contribution in [3.63, 3.8) is 0 Å². The van der Waals surface area contributed by atoms with E-state index in [-0.39, 0.29) is 23.4 Å². The lowest BCUT2D eigenvalue weighted by Gasteiger charge is -2.15. The average molecular weight is 367 g/mol. The Kier molecular flexibility index (Phi) is 7.51. The first-order chi connectivity index (χ1) is 13.0. The van der Waals surface area contributed by atoms with Crippen LogP contribution in [0.1, 0.15) is 28.4 Å². The minimum absolute atomic E-state index is 0.142. The molecule has 0 aliphatic rings. The molecule has 2 rings (SSSR count). The number of carbonyl (C=O) groups is 1. The van der Waals surface area contributed by atoms with Crippen LogP contribution >= 0.6 is 0 Å². The first-order valence-corrected chi connectivity index (χ1v) is 8.62. The van der Waals surface area contributed by atoms with Gasteiger partial charge in [-0.1, -0.05) is 30.3 Å². The summed E-state index contributed by atoms with van der Waals surface area (Å²) < 4.78 is 5.75. The van der Waals surface area contributed by atoms with Crippen LogP contribution in [0.4, 0.5) is 5.82 Å². The van der Waals surface area contributed by atoms with Crippen LogP contribution in [-0.4, -0.2) is 36.8 Å². The number of ether oxygens (including phenoxy) is 1. The Hall–Kier alpha value is -3.19. The van der Waals surface area contributed by atoms with Crippen LogP contribution in [0, 0.1) is 5.41 Å². The number of hydrogen-bond acceptors (Lipinski definition) is 6. The summed E-state index contributed by atoms with van der Waals surface area (Å²) in [7, 11) is 1.73.